The molecule has 0 radical (unpaired) electrons. The topological polar surface area (TPSA) is 114 Å². The average Bonchev–Trinajstić information content (AvgIpc) is 3.04. The van der Waals surface area contributed by atoms with Gasteiger partial charge in [0.05, 0.1) is 31.4 Å². The molecule has 0 aromatic heterocycles. The molecule has 0 bridgehead atoms. The molecule has 0 aliphatic rings. The molecule has 1 N–H and O–H groups in total. The van der Waals surface area contributed by atoms with Crippen LogP contribution in [0.4, 0.5) is 5.69 Å². The standard InChI is InChI=1S/C34H45N3O7S/c1-7-10-21-35-34(39)30(8-2)36(23-26-14-12-11-13-25(26)4)33(38)24-37(27-15-17-28(18-16-27)44-9-3)45(40,41)29-19-20-31(42-5)32(22-29)43-6/h11-20,22,30H,7-10,21,23-24H2,1-6H3,(H,35,39)/t30-/m1/s1. The number of anilines is 1. The summed E-state index contributed by atoms with van der Waals surface area (Å²) in [4.78, 5) is 29.1. The summed E-state index contributed by atoms with van der Waals surface area (Å²) in [7, 11) is -1.43. The molecule has 0 unspecified atom stereocenters. The van der Waals surface area contributed by atoms with Gasteiger partial charge >= 0.3 is 0 Å². The third-order valence-corrected chi connectivity index (χ3v) is 9.24. The number of rotatable bonds is 17. The number of unbranched alkanes of at least 4 members (excludes halogenated alkanes) is 1. The number of nitrogens with one attached hydrogen (secondary N) is 1. The summed E-state index contributed by atoms with van der Waals surface area (Å²) in [5.41, 5.74) is 2.08. The Bertz CT molecular complexity index is 1530. The van der Waals surface area contributed by atoms with Crippen LogP contribution in [0, 0.1) is 6.92 Å². The fourth-order valence-electron chi connectivity index (χ4n) is 4.90. The molecule has 3 rings (SSSR count). The summed E-state index contributed by atoms with van der Waals surface area (Å²) in [5.74, 6) is 0.362. The summed E-state index contributed by atoms with van der Waals surface area (Å²) in [6.07, 6.45) is 2.07. The van der Waals surface area contributed by atoms with E-state index in [0.717, 1.165) is 28.3 Å². The van der Waals surface area contributed by atoms with Gasteiger partial charge in [-0.1, -0.05) is 44.5 Å². The highest BCUT2D eigenvalue weighted by molar-refractivity contribution is 7.92. The van der Waals surface area contributed by atoms with Crippen LogP contribution in [0.15, 0.2) is 71.6 Å². The van der Waals surface area contributed by atoms with E-state index in [1.54, 1.807) is 24.3 Å². The Kier molecular flexibility index (Phi) is 13.1. The maximum atomic E-state index is 14.3. The molecule has 3 aromatic carbocycles. The molecule has 0 heterocycles. The maximum absolute atomic E-state index is 14.3. The molecular weight excluding hydrogens is 594 g/mol. The fraction of sp³-hybridized carbons (Fsp3) is 0.412. The van der Waals surface area contributed by atoms with Crippen LogP contribution in [-0.4, -0.2) is 65.1 Å². The first-order chi connectivity index (χ1) is 21.6. The van der Waals surface area contributed by atoms with Gasteiger partial charge in [0.15, 0.2) is 11.5 Å². The number of hydrogen-bond donors (Lipinski definition) is 1. The first kappa shape index (κ1) is 35.2. The molecule has 244 valence electrons. The summed E-state index contributed by atoms with van der Waals surface area (Å²) >= 11 is 0. The second-order valence-electron chi connectivity index (χ2n) is 10.5. The highest BCUT2D eigenvalue weighted by Gasteiger charge is 2.34. The molecule has 3 aromatic rings. The predicted octanol–water partition coefficient (Wildman–Crippen LogP) is 5.33. The van der Waals surface area contributed by atoms with Crippen molar-refractivity contribution in [2.24, 2.45) is 0 Å². The summed E-state index contributed by atoms with van der Waals surface area (Å²) < 4.78 is 45.8. The van der Waals surface area contributed by atoms with Gasteiger partial charge in [-0.3, -0.25) is 13.9 Å². The molecule has 0 fully saturated rings. The molecule has 0 saturated heterocycles. The van der Waals surface area contributed by atoms with Crippen molar-refractivity contribution >= 4 is 27.5 Å². The Morgan fingerprint density at radius 3 is 2.20 bits per heavy atom. The van der Waals surface area contributed by atoms with Crippen molar-refractivity contribution in [1.29, 1.82) is 0 Å². The van der Waals surface area contributed by atoms with E-state index in [4.69, 9.17) is 14.2 Å². The van der Waals surface area contributed by atoms with E-state index < -0.39 is 28.5 Å². The third kappa shape index (κ3) is 8.91. The zero-order chi connectivity index (χ0) is 33.0. The van der Waals surface area contributed by atoms with Gasteiger partial charge in [0.25, 0.3) is 10.0 Å². The van der Waals surface area contributed by atoms with Crippen molar-refractivity contribution in [1.82, 2.24) is 10.2 Å². The molecule has 10 nitrogen and oxygen atoms in total. The van der Waals surface area contributed by atoms with E-state index in [0.29, 0.717) is 31.1 Å². The van der Waals surface area contributed by atoms with Gasteiger partial charge < -0.3 is 24.4 Å². The number of carbonyl (C=O) groups is 2. The van der Waals surface area contributed by atoms with Crippen LogP contribution in [0.25, 0.3) is 0 Å². The second kappa shape index (κ2) is 16.7. The number of methoxy groups -OCH3 is 2. The molecule has 1 atom stereocenters. The molecule has 0 saturated carbocycles. The lowest BCUT2D eigenvalue weighted by Crippen LogP contribution is -2.52. The smallest absolute Gasteiger partial charge is 0.264 e. The van der Waals surface area contributed by atoms with Gasteiger partial charge in [0.2, 0.25) is 11.8 Å². The minimum absolute atomic E-state index is 0.0864. The Hall–Kier alpha value is -4.25. The van der Waals surface area contributed by atoms with Crippen LogP contribution in [0.3, 0.4) is 0 Å². The lowest BCUT2D eigenvalue weighted by Gasteiger charge is -2.33. The van der Waals surface area contributed by atoms with E-state index >= 15 is 0 Å². The Morgan fingerprint density at radius 2 is 1.60 bits per heavy atom. The Labute approximate surface area is 267 Å². The lowest BCUT2D eigenvalue weighted by molar-refractivity contribution is -0.140. The van der Waals surface area contributed by atoms with Crippen LogP contribution in [0.5, 0.6) is 17.2 Å². The number of carbonyl (C=O) groups excluding carboxylic acids is 2. The van der Waals surface area contributed by atoms with Crippen molar-refractivity contribution in [3.05, 3.63) is 77.9 Å². The van der Waals surface area contributed by atoms with Crippen molar-refractivity contribution < 1.29 is 32.2 Å². The van der Waals surface area contributed by atoms with E-state index in [1.165, 1.54) is 37.3 Å². The van der Waals surface area contributed by atoms with Crippen molar-refractivity contribution in [3.8, 4) is 17.2 Å². The first-order valence-electron chi connectivity index (χ1n) is 15.2. The molecular formula is C34H45N3O7S. The summed E-state index contributed by atoms with van der Waals surface area (Å²) in [6, 6.07) is 17.6. The molecule has 2 amide bonds. The number of aryl methyl sites for hydroxylation is 1. The number of amides is 2. The monoisotopic (exact) mass is 639 g/mol. The predicted molar refractivity (Wildman–Crippen MR) is 175 cm³/mol. The van der Waals surface area contributed by atoms with Crippen LogP contribution in [0.2, 0.25) is 0 Å². The molecule has 0 aliphatic heterocycles. The highest BCUT2D eigenvalue weighted by atomic mass is 32.2. The first-order valence-corrected chi connectivity index (χ1v) is 16.6. The minimum atomic E-state index is -4.31. The summed E-state index contributed by atoms with van der Waals surface area (Å²) in [6.45, 7) is 8.19. The number of ether oxygens (including phenoxy) is 3. The number of benzene rings is 3. The maximum Gasteiger partial charge on any atom is 0.264 e. The average molecular weight is 640 g/mol. The van der Waals surface area contributed by atoms with Gasteiger partial charge in [-0.2, -0.15) is 0 Å². The molecule has 45 heavy (non-hydrogen) atoms. The van der Waals surface area contributed by atoms with Gasteiger partial charge in [0.1, 0.15) is 18.3 Å². The van der Waals surface area contributed by atoms with Gasteiger partial charge in [-0.15, -0.1) is 0 Å². The second-order valence-corrected chi connectivity index (χ2v) is 12.3. The fourth-order valence-corrected chi connectivity index (χ4v) is 6.34. The number of nitrogens with zero attached hydrogens (tertiary/aromatic N) is 2. The SMILES string of the molecule is CCCCNC(=O)[C@@H](CC)N(Cc1ccccc1C)C(=O)CN(c1ccc(OCC)cc1)S(=O)(=O)c1ccc(OC)c(OC)c1. The van der Waals surface area contributed by atoms with E-state index in [-0.39, 0.29) is 28.8 Å². The van der Waals surface area contributed by atoms with Crippen LogP contribution in [0.1, 0.15) is 51.2 Å². The van der Waals surface area contributed by atoms with E-state index in [1.807, 2.05) is 52.0 Å². The third-order valence-electron chi connectivity index (χ3n) is 7.47. The number of sulfonamides is 1. The molecule has 0 spiro atoms. The van der Waals surface area contributed by atoms with Gasteiger partial charge in [-0.05, 0) is 74.2 Å². The molecule has 0 aliphatic carbocycles. The van der Waals surface area contributed by atoms with Crippen LogP contribution >= 0.6 is 0 Å². The zero-order valence-corrected chi connectivity index (χ0v) is 27.9. The molecule has 11 heteroatoms. The van der Waals surface area contributed by atoms with Crippen molar-refractivity contribution in [2.75, 3.05) is 38.2 Å². The lowest BCUT2D eigenvalue weighted by atomic mass is 10.1. The van der Waals surface area contributed by atoms with Crippen molar-refractivity contribution in [3.63, 3.8) is 0 Å². The Morgan fingerprint density at radius 1 is 0.911 bits per heavy atom. The number of hydrogen-bond acceptors (Lipinski definition) is 7. The largest absolute Gasteiger partial charge is 0.494 e. The van der Waals surface area contributed by atoms with Crippen molar-refractivity contribution in [2.45, 2.75) is 64.4 Å². The van der Waals surface area contributed by atoms with Gasteiger partial charge in [-0.25, -0.2) is 8.42 Å². The van der Waals surface area contributed by atoms with Crippen LogP contribution < -0.4 is 23.8 Å². The Balaban J connectivity index is 2.10. The van der Waals surface area contributed by atoms with E-state index in [9.17, 15) is 18.0 Å². The highest BCUT2D eigenvalue weighted by Crippen LogP contribution is 2.33. The van der Waals surface area contributed by atoms with E-state index in [2.05, 4.69) is 5.32 Å². The van der Waals surface area contributed by atoms with Crippen LogP contribution in [-0.2, 0) is 26.2 Å². The quantitative estimate of drug-likeness (QED) is 0.199. The van der Waals surface area contributed by atoms with Gasteiger partial charge in [0, 0.05) is 19.2 Å². The zero-order valence-electron chi connectivity index (χ0n) is 27.0. The summed E-state index contributed by atoms with van der Waals surface area (Å²) in [5, 5.41) is 2.95. The normalized spacial score (nSPS) is 11.8. The minimum Gasteiger partial charge on any atom is -0.494 e.